The molecule has 66 heavy (non-hydrogen) atoms. The van der Waals surface area contributed by atoms with Gasteiger partial charge in [0.15, 0.2) is 0 Å². The third-order valence-corrected chi connectivity index (χ3v) is 12.8. The van der Waals surface area contributed by atoms with Gasteiger partial charge in [0.1, 0.15) is 0 Å². The molecule has 3 heterocycles. The van der Waals surface area contributed by atoms with E-state index in [0.29, 0.717) is 0 Å². The average molecular weight is 850 g/mol. The number of benzene rings is 7. The van der Waals surface area contributed by atoms with Crippen LogP contribution in [0.4, 0.5) is 0 Å². The van der Waals surface area contributed by atoms with Crippen LogP contribution in [-0.4, -0.2) is 15.0 Å². The Hall–Kier alpha value is -8.01. The van der Waals surface area contributed by atoms with Crippen molar-refractivity contribution in [3.8, 4) is 78.3 Å². The van der Waals surface area contributed by atoms with Crippen LogP contribution in [0.3, 0.4) is 0 Å². The summed E-state index contributed by atoms with van der Waals surface area (Å²) in [4.78, 5) is 14.0. The van der Waals surface area contributed by atoms with E-state index in [4.69, 9.17) is 4.98 Å². The summed E-state index contributed by atoms with van der Waals surface area (Å²) in [6.45, 7) is 4.28. The fraction of sp³-hybridized carbons (Fsp3) is 0.0952. The molecule has 10 aromatic rings. The Kier molecular flexibility index (Phi) is 12.3. The van der Waals surface area contributed by atoms with E-state index >= 15 is 0 Å². The van der Waals surface area contributed by atoms with Gasteiger partial charge >= 0.3 is 0 Å². The number of aryl methyl sites for hydroxylation is 6. The molecule has 3 aromatic heterocycles. The van der Waals surface area contributed by atoms with E-state index in [1.54, 1.807) is 0 Å². The lowest BCUT2D eigenvalue weighted by atomic mass is 9.86. The maximum atomic E-state index is 4.89. The monoisotopic (exact) mass is 849 g/mol. The molecule has 0 unspecified atom stereocenters. The summed E-state index contributed by atoms with van der Waals surface area (Å²) in [6, 6.07) is 74.9. The topological polar surface area (TPSA) is 38.7 Å². The molecule has 10 rings (SSSR count). The van der Waals surface area contributed by atoms with Crippen molar-refractivity contribution in [2.75, 3.05) is 0 Å². The second-order valence-electron chi connectivity index (χ2n) is 17.3. The first-order valence-electron chi connectivity index (χ1n) is 23.0. The fourth-order valence-electron chi connectivity index (χ4n) is 8.94. The normalized spacial score (nSPS) is 11.1. The second kappa shape index (κ2) is 19.4. The number of hydrogen-bond acceptors (Lipinski definition) is 3. The highest BCUT2D eigenvalue weighted by molar-refractivity contribution is 5.94. The van der Waals surface area contributed by atoms with Crippen molar-refractivity contribution in [2.24, 2.45) is 0 Å². The van der Waals surface area contributed by atoms with Crippen LogP contribution in [0.25, 0.3) is 78.3 Å². The first-order chi connectivity index (χ1) is 32.5. The lowest BCUT2D eigenvalue weighted by Gasteiger charge is -2.18. The molecule has 3 nitrogen and oxygen atoms in total. The Morgan fingerprint density at radius 2 is 0.758 bits per heavy atom. The van der Waals surface area contributed by atoms with Crippen LogP contribution < -0.4 is 0 Å². The van der Waals surface area contributed by atoms with Crippen LogP contribution in [0.15, 0.2) is 225 Å². The van der Waals surface area contributed by atoms with Crippen molar-refractivity contribution in [1.82, 2.24) is 15.0 Å². The van der Waals surface area contributed by atoms with Gasteiger partial charge in [-0.3, -0.25) is 15.0 Å². The molecular weight excluding hydrogens is 799 g/mol. The third-order valence-electron chi connectivity index (χ3n) is 12.8. The van der Waals surface area contributed by atoms with Gasteiger partial charge in [-0.1, -0.05) is 170 Å². The van der Waals surface area contributed by atoms with E-state index in [2.05, 4.69) is 206 Å². The molecule has 0 aliphatic carbocycles. The zero-order chi connectivity index (χ0) is 44.7. The molecule has 0 radical (unpaired) electrons. The highest BCUT2D eigenvalue weighted by Gasteiger charge is 2.17. The van der Waals surface area contributed by atoms with Crippen molar-refractivity contribution in [2.45, 2.75) is 39.5 Å². The standard InChI is InChI=1S/C63H51N3/c1-44-38-63(66-43-45(44)2)55-34-35-59(60(42-55)52-32-30-51(31-33-52)50-12-4-3-5-13-50)58-15-7-6-14-57(58)56-40-48(20-18-46-22-26-53(27-23-46)61-16-8-10-36-64-61)39-49(41-56)21-19-47-24-28-54(29-25-47)62-17-9-11-37-65-62/h3-17,22-43H,18-21H2,1-2H3. The Balaban J connectivity index is 1.02. The van der Waals surface area contributed by atoms with Crippen molar-refractivity contribution in [3.05, 3.63) is 258 Å². The maximum Gasteiger partial charge on any atom is 0.0705 e. The van der Waals surface area contributed by atoms with Gasteiger partial charge in [0, 0.05) is 35.3 Å². The zero-order valence-corrected chi connectivity index (χ0v) is 37.5. The highest BCUT2D eigenvalue weighted by Crippen LogP contribution is 2.41. The van der Waals surface area contributed by atoms with Crippen LogP contribution in [0.1, 0.15) is 33.4 Å². The summed E-state index contributed by atoms with van der Waals surface area (Å²) >= 11 is 0. The number of hydrogen-bond donors (Lipinski definition) is 0. The SMILES string of the molecule is Cc1cnc(-c2ccc(-c3ccccc3-c3cc(CCc4ccc(-c5ccccn5)cc4)cc(CCc4ccc(-c5ccccn5)cc4)c3)c(-c3ccc(-c4ccccc4)cc3)c2)cc1C. The highest BCUT2D eigenvalue weighted by atomic mass is 14.7. The maximum absolute atomic E-state index is 4.89. The minimum atomic E-state index is 0.932. The molecule has 0 aliphatic heterocycles. The Bertz CT molecular complexity index is 3110. The van der Waals surface area contributed by atoms with E-state index in [9.17, 15) is 0 Å². The number of nitrogens with zero attached hydrogens (tertiary/aromatic N) is 3. The average Bonchev–Trinajstić information content (AvgIpc) is 3.39. The predicted molar refractivity (Wildman–Crippen MR) is 275 cm³/mol. The largest absolute Gasteiger partial charge is 0.256 e. The van der Waals surface area contributed by atoms with Crippen LogP contribution in [0.5, 0.6) is 0 Å². The van der Waals surface area contributed by atoms with Gasteiger partial charge in [-0.05, 0) is 154 Å². The predicted octanol–water partition coefficient (Wildman–Crippen LogP) is 15.7. The van der Waals surface area contributed by atoms with E-state index in [1.807, 2.05) is 42.9 Å². The Morgan fingerprint density at radius 3 is 1.33 bits per heavy atom. The van der Waals surface area contributed by atoms with Gasteiger partial charge < -0.3 is 0 Å². The lowest BCUT2D eigenvalue weighted by Crippen LogP contribution is -1.98. The van der Waals surface area contributed by atoms with Crippen molar-refractivity contribution in [1.29, 1.82) is 0 Å². The van der Waals surface area contributed by atoms with Crippen molar-refractivity contribution >= 4 is 0 Å². The molecular formula is C63H51N3. The lowest BCUT2D eigenvalue weighted by molar-refractivity contribution is 0.931. The second-order valence-corrected chi connectivity index (χ2v) is 17.3. The van der Waals surface area contributed by atoms with Crippen molar-refractivity contribution < 1.29 is 0 Å². The van der Waals surface area contributed by atoms with Gasteiger partial charge in [-0.2, -0.15) is 0 Å². The molecule has 3 heteroatoms. The van der Waals surface area contributed by atoms with Gasteiger partial charge in [-0.15, -0.1) is 0 Å². The molecule has 0 saturated heterocycles. The first-order valence-corrected chi connectivity index (χ1v) is 23.0. The number of rotatable bonds is 13. The van der Waals surface area contributed by atoms with Crippen LogP contribution in [0, 0.1) is 13.8 Å². The molecule has 0 bridgehead atoms. The number of aromatic nitrogens is 3. The minimum absolute atomic E-state index is 0.932. The van der Waals surface area contributed by atoms with Gasteiger partial charge in [0.25, 0.3) is 0 Å². The fourth-order valence-corrected chi connectivity index (χ4v) is 8.94. The molecule has 7 aromatic carbocycles. The van der Waals surface area contributed by atoms with E-state index in [-0.39, 0.29) is 0 Å². The third kappa shape index (κ3) is 9.57. The molecule has 0 amide bonds. The summed E-state index contributed by atoms with van der Waals surface area (Å²) < 4.78 is 0. The Morgan fingerprint density at radius 1 is 0.273 bits per heavy atom. The summed E-state index contributed by atoms with van der Waals surface area (Å²) in [6.07, 6.45) is 9.44. The molecule has 0 N–H and O–H groups in total. The molecule has 0 fully saturated rings. The summed E-state index contributed by atoms with van der Waals surface area (Å²) in [5.74, 6) is 0. The molecule has 0 atom stereocenters. The smallest absolute Gasteiger partial charge is 0.0705 e. The Labute approximate surface area is 389 Å². The van der Waals surface area contributed by atoms with Crippen molar-refractivity contribution in [3.63, 3.8) is 0 Å². The molecule has 0 aliphatic rings. The quantitative estimate of drug-likeness (QED) is 0.116. The van der Waals surface area contributed by atoms with Gasteiger partial charge in [0.2, 0.25) is 0 Å². The van der Waals surface area contributed by atoms with Crippen LogP contribution in [0.2, 0.25) is 0 Å². The van der Waals surface area contributed by atoms with Gasteiger partial charge in [-0.25, -0.2) is 0 Å². The van der Waals surface area contributed by atoms with Crippen LogP contribution in [-0.2, 0) is 25.7 Å². The summed E-state index contributed by atoms with van der Waals surface area (Å²) in [7, 11) is 0. The summed E-state index contributed by atoms with van der Waals surface area (Å²) in [5.41, 5.74) is 23.7. The van der Waals surface area contributed by atoms with E-state index in [1.165, 1.54) is 77.9 Å². The molecule has 318 valence electrons. The van der Waals surface area contributed by atoms with E-state index in [0.717, 1.165) is 59.5 Å². The minimum Gasteiger partial charge on any atom is -0.256 e. The van der Waals surface area contributed by atoms with Gasteiger partial charge in [0.05, 0.1) is 17.1 Å². The zero-order valence-electron chi connectivity index (χ0n) is 37.5. The van der Waals surface area contributed by atoms with E-state index < -0.39 is 0 Å². The number of pyridine rings is 3. The summed E-state index contributed by atoms with van der Waals surface area (Å²) in [5, 5.41) is 0. The first kappa shape index (κ1) is 42.0. The molecule has 0 spiro atoms. The van der Waals surface area contributed by atoms with Crippen LogP contribution >= 0.6 is 0 Å². The molecule has 0 saturated carbocycles.